The fraction of sp³-hybridized carbons (Fsp3) is 1.00. The molecule has 0 atom stereocenters. The summed E-state index contributed by atoms with van der Waals surface area (Å²) in [4.78, 5) is 0. The molecule has 1 N–H and O–H groups in total. The van der Waals surface area contributed by atoms with Crippen molar-refractivity contribution in [2.45, 2.75) is 43.6 Å². The first-order valence-electron chi connectivity index (χ1n) is 4.46. The van der Waals surface area contributed by atoms with Crippen molar-refractivity contribution in [2.75, 3.05) is 13.1 Å². The smallest absolute Gasteiger partial charge is 0.00778 e. The lowest BCUT2D eigenvalue weighted by atomic mass is 10.2. The van der Waals surface area contributed by atoms with Gasteiger partial charge in [-0.15, -0.1) is 0 Å². The summed E-state index contributed by atoms with van der Waals surface area (Å²) in [6.45, 7) is 9.35. The molecule has 0 aliphatic carbocycles. The van der Waals surface area contributed by atoms with Crippen LogP contribution < -0.4 is 5.32 Å². The zero-order chi connectivity index (χ0) is 8.32. The highest BCUT2D eigenvalue weighted by atomic mass is 32.2. The number of hydrogen-bond donors (Lipinski definition) is 1. The van der Waals surface area contributed by atoms with E-state index < -0.39 is 0 Å². The lowest BCUT2D eigenvalue weighted by Gasteiger charge is -2.28. The second kappa shape index (κ2) is 3.81. The first-order valence-corrected chi connectivity index (χ1v) is 5.34. The molecule has 1 saturated heterocycles. The van der Waals surface area contributed by atoms with Gasteiger partial charge in [0, 0.05) is 10.00 Å². The van der Waals surface area contributed by atoms with Crippen LogP contribution in [0.15, 0.2) is 0 Å². The Morgan fingerprint density at radius 3 is 2.18 bits per heavy atom. The lowest BCUT2D eigenvalue weighted by Crippen LogP contribution is -2.31. The Bertz CT molecular complexity index is 111. The van der Waals surface area contributed by atoms with Crippen LogP contribution in [0.25, 0.3) is 0 Å². The van der Waals surface area contributed by atoms with Gasteiger partial charge in [0.15, 0.2) is 0 Å². The van der Waals surface area contributed by atoms with Crippen LogP contribution in [-0.2, 0) is 0 Å². The van der Waals surface area contributed by atoms with E-state index in [1.54, 1.807) is 0 Å². The Labute approximate surface area is 74.3 Å². The van der Waals surface area contributed by atoms with E-state index in [1.165, 1.54) is 25.9 Å². The van der Waals surface area contributed by atoms with Gasteiger partial charge in [-0.05, 0) is 25.9 Å². The summed E-state index contributed by atoms with van der Waals surface area (Å²) in [5.41, 5.74) is 0. The summed E-state index contributed by atoms with van der Waals surface area (Å²) in [6, 6.07) is 0. The fourth-order valence-corrected chi connectivity index (χ4v) is 2.88. The zero-order valence-corrected chi connectivity index (χ0v) is 8.63. The summed E-state index contributed by atoms with van der Waals surface area (Å²) in [5.74, 6) is 0. The van der Waals surface area contributed by atoms with Crippen molar-refractivity contribution in [1.29, 1.82) is 0 Å². The van der Waals surface area contributed by atoms with Crippen LogP contribution in [0.1, 0.15) is 33.6 Å². The molecule has 0 aromatic rings. The Hall–Kier alpha value is 0.310. The van der Waals surface area contributed by atoms with Gasteiger partial charge in [-0.2, -0.15) is 11.8 Å². The molecule has 2 heteroatoms. The average molecular weight is 173 g/mol. The molecular weight excluding hydrogens is 154 g/mol. The molecule has 0 amide bonds. The predicted octanol–water partition coefficient (Wildman–Crippen LogP) is 2.27. The van der Waals surface area contributed by atoms with Crippen LogP contribution in [0.2, 0.25) is 0 Å². The molecule has 1 heterocycles. The SMILES string of the molecule is CC(C)(C)SC1CCNCC1. The Morgan fingerprint density at radius 1 is 1.18 bits per heavy atom. The summed E-state index contributed by atoms with van der Waals surface area (Å²) in [5, 5.41) is 4.29. The molecule has 66 valence electrons. The first kappa shape index (κ1) is 9.40. The summed E-state index contributed by atoms with van der Waals surface area (Å²) >= 11 is 2.14. The van der Waals surface area contributed by atoms with Crippen molar-refractivity contribution in [3.63, 3.8) is 0 Å². The fourth-order valence-electron chi connectivity index (χ4n) is 1.41. The van der Waals surface area contributed by atoms with Crippen LogP contribution in [0.5, 0.6) is 0 Å². The average Bonchev–Trinajstić information content (AvgIpc) is 1.85. The van der Waals surface area contributed by atoms with Gasteiger partial charge in [-0.25, -0.2) is 0 Å². The first-order chi connectivity index (χ1) is 5.08. The van der Waals surface area contributed by atoms with Gasteiger partial charge in [0.2, 0.25) is 0 Å². The number of piperidine rings is 1. The van der Waals surface area contributed by atoms with Crippen LogP contribution in [0, 0.1) is 0 Å². The van der Waals surface area contributed by atoms with Gasteiger partial charge in [0.05, 0.1) is 0 Å². The third-order valence-corrected chi connectivity index (χ3v) is 3.32. The van der Waals surface area contributed by atoms with Gasteiger partial charge >= 0.3 is 0 Å². The zero-order valence-electron chi connectivity index (χ0n) is 7.81. The molecular formula is C9H19NS. The van der Waals surface area contributed by atoms with E-state index in [2.05, 4.69) is 37.8 Å². The molecule has 1 nitrogen and oxygen atoms in total. The Morgan fingerprint density at radius 2 is 1.73 bits per heavy atom. The van der Waals surface area contributed by atoms with E-state index in [0.29, 0.717) is 4.75 Å². The largest absolute Gasteiger partial charge is 0.317 e. The number of nitrogens with one attached hydrogen (secondary N) is 1. The molecule has 11 heavy (non-hydrogen) atoms. The molecule has 0 bridgehead atoms. The molecule has 1 aliphatic rings. The normalized spacial score (nSPS) is 22.1. The Balaban J connectivity index is 2.24. The maximum absolute atomic E-state index is 3.39. The summed E-state index contributed by atoms with van der Waals surface area (Å²) in [6.07, 6.45) is 2.70. The molecule has 0 spiro atoms. The van der Waals surface area contributed by atoms with Gasteiger partial charge < -0.3 is 5.32 Å². The van der Waals surface area contributed by atoms with Crippen LogP contribution in [0.4, 0.5) is 0 Å². The lowest BCUT2D eigenvalue weighted by molar-refractivity contribution is 0.528. The van der Waals surface area contributed by atoms with Gasteiger partial charge in [0.25, 0.3) is 0 Å². The highest BCUT2D eigenvalue weighted by molar-refractivity contribution is 8.01. The standard InChI is InChI=1S/C9H19NS/c1-9(2,3)11-8-4-6-10-7-5-8/h8,10H,4-7H2,1-3H3. The van der Waals surface area contributed by atoms with Crippen LogP contribution in [-0.4, -0.2) is 23.1 Å². The number of hydrogen-bond acceptors (Lipinski definition) is 2. The Kier molecular flexibility index (Phi) is 3.26. The molecule has 0 saturated carbocycles. The minimum Gasteiger partial charge on any atom is -0.317 e. The minimum atomic E-state index is 0.446. The highest BCUT2D eigenvalue weighted by Crippen LogP contribution is 2.32. The van der Waals surface area contributed by atoms with E-state index in [-0.39, 0.29) is 0 Å². The van der Waals surface area contributed by atoms with Crippen molar-refractivity contribution < 1.29 is 0 Å². The second-order valence-electron chi connectivity index (χ2n) is 4.18. The summed E-state index contributed by atoms with van der Waals surface area (Å²) in [7, 11) is 0. The van der Waals surface area contributed by atoms with Crippen molar-refractivity contribution in [1.82, 2.24) is 5.32 Å². The maximum atomic E-state index is 3.39. The molecule has 1 aliphatic heterocycles. The molecule has 1 fully saturated rings. The minimum absolute atomic E-state index is 0.446. The van der Waals surface area contributed by atoms with E-state index in [4.69, 9.17) is 0 Å². The van der Waals surface area contributed by atoms with Crippen LogP contribution >= 0.6 is 11.8 Å². The quantitative estimate of drug-likeness (QED) is 0.653. The molecule has 1 rings (SSSR count). The van der Waals surface area contributed by atoms with Gasteiger partial charge in [0.1, 0.15) is 0 Å². The maximum Gasteiger partial charge on any atom is 0.00778 e. The number of thioether (sulfide) groups is 1. The number of rotatable bonds is 1. The van der Waals surface area contributed by atoms with Crippen molar-refractivity contribution in [3.05, 3.63) is 0 Å². The van der Waals surface area contributed by atoms with Crippen molar-refractivity contribution in [2.24, 2.45) is 0 Å². The van der Waals surface area contributed by atoms with E-state index in [9.17, 15) is 0 Å². The van der Waals surface area contributed by atoms with E-state index >= 15 is 0 Å². The van der Waals surface area contributed by atoms with E-state index in [1.807, 2.05) is 0 Å². The molecule has 0 unspecified atom stereocenters. The summed E-state index contributed by atoms with van der Waals surface area (Å²) < 4.78 is 0.446. The monoisotopic (exact) mass is 173 g/mol. The topological polar surface area (TPSA) is 12.0 Å². The highest BCUT2D eigenvalue weighted by Gasteiger charge is 2.20. The van der Waals surface area contributed by atoms with Crippen molar-refractivity contribution >= 4 is 11.8 Å². The van der Waals surface area contributed by atoms with Crippen molar-refractivity contribution in [3.8, 4) is 0 Å². The third kappa shape index (κ3) is 4.02. The van der Waals surface area contributed by atoms with E-state index in [0.717, 1.165) is 5.25 Å². The predicted molar refractivity (Wildman–Crippen MR) is 53.2 cm³/mol. The molecule has 0 aromatic carbocycles. The third-order valence-electron chi connectivity index (χ3n) is 1.81. The van der Waals surface area contributed by atoms with Gasteiger partial charge in [-0.3, -0.25) is 0 Å². The van der Waals surface area contributed by atoms with Gasteiger partial charge in [-0.1, -0.05) is 20.8 Å². The molecule has 0 aromatic heterocycles. The molecule has 0 radical (unpaired) electrons. The second-order valence-corrected chi connectivity index (χ2v) is 6.31. The van der Waals surface area contributed by atoms with Crippen LogP contribution in [0.3, 0.4) is 0 Å².